The summed E-state index contributed by atoms with van der Waals surface area (Å²) in [7, 11) is 2.97. The SMILES string of the molecule is COc1ccc([N+](=O)[O-])cc1NC(=O)/C=C/c1ccc(OCC(C)C)c(OC)c1. The van der Waals surface area contributed by atoms with E-state index in [0.29, 0.717) is 29.8 Å². The van der Waals surface area contributed by atoms with Crippen LogP contribution in [-0.2, 0) is 4.79 Å². The Labute approximate surface area is 169 Å². The van der Waals surface area contributed by atoms with E-state index in [0.717, 1.165) is 5.56 Å². The van der Waals surface area contributed by atoms with Crippen molar-refractivity contribution in [3.8, 4) is 17.2 Å². The molecule has 0 unspecified atom stereocenters. The lowest BCUT2D eigenvalue weighted by Crippen LogP contribution is -2.09. The third kappa shape index (κ3) is 6.24. The molecule has 1 amide bonds. The minimum absolute atomic E-state index is 0.146. The number of amides is 1. The van der Waals surface area contributed by atoms with Gasteiger partial charge in [-0.15, -0.1) is 0 Å². The van der Waals surface area contributed by atoms with Crippen LogP contribution in [0.1, 0.15) is 19.4 Å². The van der Waals surface area contributed by atoms with E-state index in [1.54, 1.807) is 31.4 Å². The molecule has 154 valence electrons. The molecule has 1 N–H and O–H groups in total. The predicted molar refractivity (Wildman–Crippen MR) is 111 cm³/mol. The van der Waals surface area contributed by atoms with Crippen molar-refractivity contribution in [2.45, 2.75) is 13.8 Å². The molecular weight excluding hydrogens is 376 g/mol. The largest absolute Gasteiger partial charge is 0.495 e. The number of nitrogens with zero attached hydrogens (tertiary/aromatic N) is 1. The van der Waals surface area contributed by atoms with E-state index >= 15 is 0 Å². The maximum Gasteiger partial charge on any atom is 0.271 e. The Bertz CT molecular complexity index is 908. The van der Waals surface area contributed by atoms with Gasteiger partial charge in [-0.2, -0.15) is 0 Å². The number of nitro groups is 1. The van der Waals surface area contributed by atoms with E-state index < -0.39 is 10.8 Å². The molecular formula is C21H24N2O6. The Morgan fingerprint density at radius 3 is 2.41 bits per heavy atom. The zero-order valence-corrected chi connectivity index (χ0v) is 16.8. The van der Waals surface area contributed by atoms with Crippen molar-refractivity contribution in [2.75, 3.05) is 26.1 Å². The number of nitrogens with one attached hydrogen (secondary N) is 1. The maximum atomic E-state index is 12.3. The zero-order valence-electron chi connectivity index (χ0n) is 16.8. The molecule has 0 fully saturated rings. The van der Waals surface area contributed by atoms with E-state index in [2.05, 4.69) is 19.2 Å². The number of anilines is 1. The quantitative estimate of drug-likeness (QED) is 0.383. The van der Waals surface area contributed by atoms with Crippen LogP contribution < -0.4 is 19.5 Å². The smallest absolute Gasteiger partial charge is 0.271 e. The summed E-state index contributed by atoms with van der Waals surface area (Å²) in [5, 5.41) is 13.5. The number of carbonyl (C=O) groups is 1. The molecule has 0 saturated carbocycles. The number of benzene rings is 2. The van der Waals surface area contributed by atoms with Crippen molar-refractivity contribution >= 4 is 23.4 Å². The van der Waals surface area contributed by atoms with Gasteiger partial charge in [0.25, 0.3) is 5.69 Å². The van der Waals surface area contributed by atoms with Gasteiger partial charge in [-0.1, -0.05) is 19.9 Å². The number of methoxy groups -OCH3 is 2. The third-order valence-electron chi connectivity index (χ3n) is 3.84. The topological polar surface area (TPSA) is 99.9 Å². The number of hydrogen-bond donors (Lipinski definition) is 1. The van der Waals surface area contributed by atoms with Gasteiger partial charge in [0.15, 0.2) is 11.5 Å². The summed E-state index contributed by atoms with van der Waals surface area (Å²) in [5.41, 5.74) is 0.804. The maximum absolute atomic E-state index is 12.3. The second kappa shape index (κ2) is 10.1. The molecule has 0 aliphatic rings. The third-order valence-corrected chi connectivity index (χ3v) is 3.84. The number of nitro benzene ring substituents is 1. The fraction of sp³-hybridized carbons (Fsp3) is 0.286. The van der Waals surface area contributed by atoms with Crippen LogP contribution in [0.15, 0.2) is 42.5 Å². The van der Waals surface area contributed by atoms with Crippen molar-refractivity contribution in [1.29, 1.82) is 0 Å². The molecule has 29 heavy (non-hydrogen) atoms. The molecule has 0 aromatic heterocycles. The molecule has 0 spiro atoms. The highest BCUT2D eigenvalue weighted by Gasteiger charge is 2.13. The lowest BCUT2D eigenvalue weighted by Gasteiger charge is -2.12. The summed E-state index contributed by atoms with van der Waals surface area (Å²) in [6, 6.07) is 9.32. The van der Waals surface area contributed by atoms with Crippen molar-refractivity contribution in [2.24, 2.45) is 5.92 Å². The minimum Gasteiger partial charge on any atom is -0.495 e. The standard InChI is InChI=1S/C21H24N2O6/c1-14(2)13-29-19-8-5-15(11-20(19)28-4)6-10-21(24)22-17-12-16(23(25)26)7-9-18(17)27-3/h5-12,14H,13H2,1-4H3,(H,22,24)/b10-6+. The van der Waals surface area contributed by atoms with Gasteiger partial charge in [0, 0.05) is 18.2 Å². The normalized spacial score (nSPS) is 10.8. The Kier molecular flexibility index (Phi) is 7.59. The monoisotopic (exact) mass is 400 g/mol. The molecule has 0 bridgehead atoms. The van der Waals surface area contributed by atoms with Gasteiger partial charge < -0.3 is 19.5 Å². The van der Waals surface area contributed by atoms with Crippen molar-refractivity contribution in [3.63, 3.8) is 0 Å². The van der Waals surface area contributed by atoms with Crippen LogP contribution in [0.5, 0.6) is 17.2 Å². The van der Waals surface area contributed by atoms with Crippen molar-refractivity contribution < 1.29 is 23.9 Å². The number of ether oxygens (including phenoxy) is 3. The van der Waals surface area contributed by atoms with Crippen molar-refractivity contribution in [3.05, 3.63) is 58.2 Å². The average molecular weight is 400 g/mol. The first kappa shape index (κ1) is 21.7. The molecule has 0 atom stereocenters. The molecule has 2 rings (SSSR count). The Morgan fingerprint density at radius 1 is 1.10 bits per heavy atom. The molecule has 0 aliphatic heterocycles. The van der Waals surface area contributed by atoms with Crippen LogP contribution in [0, 0.1) is 16.0 Å². The number of rotatable bonds is 9. The van der Waals surface area contributed by atoms with Crippen molar-refractivity contribution in [1.82, 2.24) is 0 Å². The summed E-state index contributed by atoms with van der Waals surface area (Å²) < 4.78 is 16.2. The van der Waals surface area contributed by atoms with Crippen LogP contribution >= 0.6 is 0 Å². The highest BCUT2D eigenvalue weighted by molar-refractivity contribution is 6.03. The average Bonchev–Trinajstić information content (AvgIpc) is 2.70. The molecule has 8 nitrogen and oxygen atoms in total. The fourth-order valence-corrected chi connectivity index (χ4v) is 2.42. The molecule has 2 aromatic rings. The zero-order chi connectivity index (χ0) is 21.4. The lowest BCUT2D eigenvalue weighted by atomic mass is 10.1. The van der Waals surface area contributed by atoms with Gasteiger partial charge in [-0.3, -0.25) is 14.9 Å². The molecule has 0 radical (unpaired) electrons. The summed E-state index contributed by atoms with van der Waals surface area (Å²) in [6.07, 6.45) is 2.93. The van der Waals surface area contributed by atoms with Crippen LogP contribution in [0.2, 0.25) is 0 Å². The summed E-state index contributed by atoms with van der Waals surface area (Å²) in [4.78, 5) is 22.7. The van der Waals surface area contributed by atoms with Crippen LogP contribution in [-0.4, -0.2) is 31.7 Å². The molecule has 0 aliphatic carbocycles. The molecule has 0 heterocycles. The highest BCUT2D eigenvalue weighted by Crippen LogP contribution is 2.30. The van der Waals surface area contributed by atoms with Crippen LogP contribution in [0.4, 0.5) is 11.4 Å². The van der Waals surface area contributed by atoms with Crippen LogP contribution in [0.3, 0.4) is 0 Å². The predicted octanol–water partition coefficient (Wildman–Crippen LogP) is 4.30. The summed E-state index contributed by atoms with van der Waals surface area (Å²) >= 11 is 0. The van der Waals surface area contributed by atoms with Gasteiger partial charge >= 0.3 is 0 Å². The molecule has 0 saturated heterocycles. The first-order valence-electron chi connectivity index (χ1n) is 8.96. The van der Waals surface area contributed by atoms with Gasteiger partial charge in [0.1, 0.15) is 5.75 Å². The Morgan fingerprint density at radius 2 is 1.79 bits per heavy atom. The van der Waals surface area contributed by atoms with Gasteiger partial charge in [-0.05, 0) is 35.8 Å². The molecule has 8 heteroatoms. The first-order chi connectivity index (χ1) is 13.8. The highest BCUT2D eigenvalue weighted by atomic mass is 16.6. The lowest BCUT2D eigenvalue weighted by molar-refractivity contribution is -0.384. The van der Waals surface area contributed by atoms with E-state index in [-0.39, 0.29) is 11.4 Å². The number of hydrogen-bond acceptors (Lipinski definition) is 6. The van der Waals surface area contributed by atoms with Gasteiger partial charge in [0.05, 0.1) is 31.4 Å². The second-order valence-electron chi connectivity index (χ2n) is 6.58. The first-order valence-corrected chi connectivity index (χ1v) is 8.96. The number of carbonyl (C=O) groups excluding carboxylic acids is 1. The van der Waals surface area contributed by atoms with E-state index in [1.807, 2.05) is 0 Å². The van der Waals surface area contributed by atoms with E-state index in [9.17, 15) is 14.9 Å². The summed E-state index contributed by atoms with van der Waals surface area (Å²) in [6.45, 7) is 4.68. The minimum atomic E-state index is -0.542. The van der Waals surface area contributed by atoms with Gasteiger partial charge in [0.2, 0.25) is 5.91 Å². The van der Waals surface area contributed by atoms with Crippen LogP contribution in [0.25, 0.3) is 6.08 Å². The number of non-ortho nitro benzene ring substituents is 1. The Balaban J connectivity index is 2.13. The second-order valence-corrected chi connectivity index (χ2v) is 6.58. The van der Waals surface area contributed by atoms with E-state index in [1.165, 1.54) is 31.4 Å². The fourth-order valence-electron chi connectivity index (χ4n) is 2.42. The Hall–Kier alpha value is -3.55. The van der Waals surface area contributed by atoms with Gasteiger partial charge in [-0.25, -0.2) is 0 Å². The van der Waals surface area contributed by atoms with E-state index in [4.69, 9.17) is 14.2 Å². The summed E-state index contributed by atoms with van der Waals surface area (Å²) in [5.74, 6) is 1.44. The molecule has 2 aromatic carbocycles.